The quantitative estimate of drug-likeness (QED) is 0.448. The van der Waals surface area contributed by atoms with Gasteiger partial charge in [0.25, 0.3) is 0 Å². The van der Waals surface area contributed by atoms with Gasteiger partial charge in [-0.1, -0.05) is 66.7 Å². The van der Waals surface area contributed by atoms with Gasteiger partial charge in [0.2, 0.25) is 0 Å². The maximum absolute atomic E-state index is 9.51. The Bertz CT molecular complexity index is 270. The molecule has 6 atom stereocenters. The van der Waals surface area contributed by atoms with Gasteiger partial charge in [-0.25, -0.2) is 4.89 Å². The molecule has 1 rings (SSSR count). The van der Waals surface area contributed by atoms with Crippen molar-refractivity contribution in [1.82, 2.24) is 0 Å². The van der Waals surface area contributed by atoms with Gasteiger partial charge in [-0.15, -0.1) is 0 Å². The summed E-state index contributed by atoms with van der Waals surface area (Å²) in [6.07, 6.45) is 9.59. The van der Waals surface area contributed by atoms with E-state index in [0.717, 1.165) is 29.6 Å². The van der Waals surface area contributed by atoms with E-state index in [-0.39, 0.29) is 0 Å². The Balaban J connectivity index is 0.00000149. The highest BCUT2D eigenvalue weighted by atomic mass is 17.1. The molecule has 3 heteroatoms. The molecule has 0 heterocycles. The van der Waals surface area contributed by atoms with Crippen LogP contribution in [-0.4, -0.2) is 24.1 Å². The van der Waals surface area contributed by atoms with Crippen molar-refractivity contribution in [2.24, 2.45) is 35.5 Å². The van der Waals surface area contributed by atoms with Crippen molar-refractivity contribution in [3.05, 3.63) is 0 Å². The van der Waals surface area contributed by atoms with Gasteiger partial charge in [-0.05, 0) is 48.3 Å². The lowest BCUT2D eigenvalue weighted by Gasteiger charge is -2.41. The summed E-state index contributed by atoms with van der Waals surface area (Å²) in [6, 6.07) is 0. The third-order valence-corrected chi connectivity index (χ3v) is 6.37. The van der Waals surface area contributed by atoms with Crippen molar-refractivity contribution in [2.75, 3.05) is 13.7 Å². The number of aliphatic hydroxyl groups excluding tert-OH is 1. The largest absolute Gasteiger partial charge is 0.396 e. The SMILES string of the molecule is CCC(C)C(C)CC[C@H]1CCC[C@@H]([C@@H](C)CO)C1CC.COO. The predicted octanol–water partition coefficient (Wildman–Crippen LogP) is 5.63. The molecule has 3 nitrogen and oxygen atoms in total. The summed E-state index contributed by atoms with van der Waals surface area (Å²) in [4.78, 5) is 3.25. The first-order valence-corrected chi connectivity index (χ1v) is 9.74. The van der Waals surface area contributed by atoms with Crippen molar-refractivity contribution < 1.29 is 15.3 Å². The van der Waals surface area contributed by atoms with Crippen LogP contribution in [0.3, 0.4) is 0 Å². The van der Waals surface area contributed by atoms with E-state index >= 15 is 0 Å². The van der Waals surface area contributed by atoms with E-state index in [4.69, 9.17) is 5.26 Å². The molecule has 0 aromatic carbocycles. The molecule has 1 fully saturated rings. The lowest BCUT2D eigenvalue weighted by atomic mass is 9.65. The van der Waals surface area contributed by atoms with Crippen molar-refractivity contribution >= 4 is 0 Å². The Kier molecular flexibility index (Phi) is 13.1. The van der Waals surface area contributed by atoms with Crippen LogP contribution in [0.1, 0.15) is 79.6 Å². The minimum absolute atomic E-state index is 0.372. The molecule has 0 amide bonds. The summed E-state index contributed by atoms with van der Waals surface area (Å²) in [5.74, 6) is 4.77. The maximum Gasteiger partial charge on any atom is 0.0710 e. The maximum atomic E-state index is 9.51. The van der Waals surface area contributed by atoms with Gasteiger partial charge < -0.3 is 5.11 Å². The third kappa shape index (κ3) is 8.00. The van der Waals surface area contributed by atoms with Crippen molar-refractivity contribution in [1.29, 1.82) is 0 Å². The number of hydrogen-bond acceptors (Lipinski definition) is 3. The van der Waals surface area contributed by atoms with Gasteiger partial charge in [0.15, 0.2) is 0 Å². The normalized spacial score (nSPS) is 28.4. The second kappa shape index (κ2) is 13.2. The smallest absolute Gasteiger partial charge is 0.0710 e. The van der Waals surface area contributed by atoms with Crippen molar-refractivity contribution in [3.8, 4) is 0 Å². The minimum Gasteiger partial charge on any atom is -0.396 e. The Morgan fingerprint density at radius 2 is 1.70 bits per heavy atom. The fourth-order valence-electron chi connectivity index (χ4n) is 4.39. The topological polar surface area (TPSA) is 49.7 Å². The molecule has 1 saturated carbocycles. The second-order valence-corrected chi connectivity index (χ2v) is 7.71. The molecule has 140 valence electrons. The zero-order chi connectivity index (χ0) is 17.8. The summed E-state index contributed by atoms with van der Waals surface area (Å²) >= 11 is 0. The van der Waals surface area contributed by atoms with Gasteiger partial charge in [-0.3, -0.25) is 5.26 Å². The standard InChI is InChI=1S/C19H38O.CH4O2/c1-6-14(3)15(4)11-12-17-9-8-10-19(16(5)13-20)18(17)7-2;1-3-2/h14-20H,6-13H2,1-5H3;2H,1H3/t14?,15?,16-,17+,18?,19-;/m0./s1. The number of rotatable bonds is 8. The van der Waals surface area contributed by atoms with Crippen LogP contribution in [0.5, 0.6) is 0 Å². The van der Waals surface area contributed by atoms with Gasteiger partial charge in [0, 0.05) is 6.61 Å². The molecule has 0 bridgehead atoms. The third-order valence-electron chi connectivity index (χ3n) is 6.37. The Labute approximate surface area is 144 Å². The summed E-state index contributed by atoms with van der Waals surface area (Å²) in [7, 11) is 1.18. The zero-order valence-corrected chi connectivity index (χ0v) is 16.4. The van der Waals surface area contributed by atoms with Crippen LogP contribution in [-0.2, 0) is 4.89 Å². The molecule has 23 heavy (non-hydrogen) atoms. The highest BCUT2D eigenvalue weighted by Gasteiger charge is 2.34. The average Bonchev–Trinajstić information content (AvgIpc) is 2.58. The molecule has 3 unspecified atom stereocenters. The Morgan fingerprint density at radius 3 is 2.17 bits per heavy atom. The first kappa shape index (κ1) is 22.9. The molecule has 0 spiro atoms. The van der Waals surface area contributed by atoms with E-state index in [1.165, 1.54) is 52.1 Å². The van der Waals surface area contributed by atoms with Crippen LogP contribution in [0.2, 0.25) is 0 Å². The molecular weight excluding hydrogens is 288 g/mol. The fraction of sp³-hybridized carbons (Fsp3) is 1.00. The predicted molar refractivity (Wildman–Crippen MR) is 98.4 cm³/mol. The highest BCUT2D eigenvalue weighted by Crippen LogP contribution is 2.43. The van der Waals surface area contributed by atoms with Crippen LogP contribution in [0.25, 0.3) is 0 Å². The molecule has 1 aliphatic rings. The van der Waals surface area contributed by atoms with Crippen LogP contribution in [0.4, 0.5) is 0 Å². The molecule has 0 aromatic heterocycles. The first-order valence-electron chi connectivity index (χ1n) is 9.74. The minimum atomic E-state index is 0.372. The molecule has 0 radical (unpaired) electrons. The van der Waals surface area contributed by atoms with Crippen molar-refractivity contribution in [3.63, 3.8) is 0 Å². The lowest BCUT2D eigenvalue weighted by Crippen LogP contribution is -2.33. The summed E-state index contributed by atoms with van der Waals surface area (Å²) in [6.45, 7) is 12.1. The number of hydrogen-bond donors (Lipinski definition) is 2. The van der Waals surface area contributed by atoms with E-state index in [9.17, 15) is 5.11 Å². The Hall–Kier alpha value is -0.120. The monoisotopic (exact) mass is 330 g/mol. The van der Waals surface area contributed by atoms with Crippen LogP contribution in [0.15, 0.2) is 0 Å². The molecular formula is C20H42O3. The van der Waals surface area contributed by atoms with Gasteiger partial charge >= 0.3 is 0 Å². The van der Waals surface area contributed by atoms with Crippen LogP contribution < -0.4 is 0 Å². The van der Waals surface area contributed by atoms with Crippen LogP contribution >= 0.6 is 0 Å². The first-order chi connectivity index (χ1) is 11.0. The van der Waals surface area contributed by atoms with E-state index in [2.05, 4.69) is 39.5 Å². The zero-order valence-electron chi connectivity index (χ0n) is 16.4. The van der Waals surface area contributed by atoms with E-state index < -0.39 is 0 Å². The summed E-state index contributed by atoms with van der Waals surface area (Å²) < 4.78 is 0. The summed E-state index contributed by atoms with van der Waals surface area (Å²) in [5, 5.41) is 16.6. The number of aliphatic hydroxyl groups is 1. The summed E-state index contributed by atoms with van der Waals surface area (Å²) in [5.41, 5.74) is 0. The second-order valence-electron chi connectivity index (χ2n) is 7.71. The molecule has 0 aliphatic heterocycles. The van der Waals surface area contributed by atoms with Crippen LogP contribution in [0, 0.1) is 35.5 Å². The average molecular weight is 331 g/mol. The van der Waals surface area contributed by atoms with Gasteiger partial charge in [0.05, 0.1) is 7.11 Å². The Morgan fingerprint density at radius 1 is 1.09 bits per heavy atom. The molecule has 0 aromatic rings. The molecule has 1 aliphatic carbocycles. The van der Waals surface area contributed by atoms with E-state index in [1.807, 2.05) is 0 Å². The van der Waals surface area contributed by atoms with Gasteiger partial charge in [0.1, 0.15) is 0 Å². The van der Waals surface area contributed by atoms with Gasteiger partial charge in [-0.2, -0.15) is 0 Å². The molecule has 2 N–H and O–H groups in total. The van der Waals surface area contributed by atoms with E-state index in [0.29, 0.717) is 12.5 Å². The molecule has 0 saturated heterocycles. The fourth-order valence-corrected chi connectivity index (χ4v) is 4.39. The van der Waals surface area contributed by atoms with E-state index in [1.54, 1.807) is 0 Å². The van der Waals surface area contributed by atoms with Crippen molar-refractivity contribution in [2.45, 2.75) is 79.6 Å². The highest BCUT2D eigenvalue weighted by molar-refractivity contribution is 4.84. The lowest BCUT2D eigenvalue weighted by molar-refractivity contribution is -0.214.